The average molecular weight is 185 g/mol. The Bertz CT molecular complexity index is 284. The maximum absolute atomic E-state index is 10.2. The number of ether oxygens (including phenoxy) is 1. The monoisotopic (exact) mass is 184 g/mol. The van der Waals surface area contributed by atoms with E-state index in [1.165, 1.54) is 0 Å². The van der Waals surface area contributed by atoms with Crippen LogP contribution in [-0.4, -0.2) is 13.4 Å². The van der Waals surface area contributed by atoms with Crippen molar-refractivity contribution in [2.24, 2.45) is 0 Å². The van der Waals surface area contributed by atoms with Gasteiger partial charge in [0.05, 0.1) is 7.11 Å². The number of methoxy groups -OCH3 is 1. The summed E-state index contributed by atoms with van der Waals surface area (Å²) in [5, 5.41) is 0.571. The van der Waals surface area contributed by atoms with Gasteiger partial charge in [0, 0.05) is 11.4 Å². The van der Waals surface area contributed by atoms with E-state index in [4.69, 9.17) is 16.3 Å². The van der Waals surface area contributed by atoms with E-state index in [0.29, 0.717) is 17.2 Å². The zero-order chi connectivity index (χ0) is 8.97. The van der Waals surface area contributed by atoms with E-state index < -0.39 is 0 Å². The first kappa shape index (κ1) is 9.07. The summed E-state index contributed by atoms with van der Waals surface area (Å²) in [6, 6.07) is 5.26. The van der Waals surface area contributed by atoms with Crippen molar-refractivity contribution in [3.05, 3.63) is 28.8 Å². The third-order valence-corrected chi connectivity index (χ3v) is 1.92. The van der Waals surface area contributed by atoms with E-state index >= 15 is 0 Å². The van der Waals surface area contributed by atoms with Gasteiger partial charge in [-0.2, -0.15) is 0 Å². The van der Waals surface area contributed by atoms with Gasteiger partial charge in [0.15, 0.2) is 0 Å². The van der Waals surface area contributed by atoms with Crippen molar-refractivity contribution in [2.45, 2.75) is 6.42 Å². The minimum Gasteiger partial charge on any atom is -0.497 e. The maximum Gasteiger partial charge on any atom is 0.124 e. The first-order valence-electron chi connectivity index (χ1n) is 3.54. The van der Waals surface area contributed by atoms with Crippen LogP contribution in [0.3, 0.4) is 0 Å². The summed E-state index contributed by atoms with van der Waals surface area (Å²) in [6.07, 6.45) is 1.18. The smallest absolute Gasteiger partial charge is 0.124 e. The molecule has 0 unspecified atom stereocenters. The third-order valence-electron chi connectivity index (χ3n) is 1.56. The fourth-order valence-electron chi connectivity index (χ4n) is 0.910. The molecule has 0 N–H and O–H groups in total. The van der Waals surface area contributed by atoms with Crippen LogP contribution in [0.5, 0.6) is 5.75 Å². The zero-order valence-corrected chi connectivity index (χ0v) is 7.47. The number of rotatable bonds is 3. The highest BCUT2D eigenvalue weighted by Crippen LogP contribution is 2.21. The third kappa shape index (κ3) is 1.98. The van der Waals surface area contributed by atoms with E-state index in [1.807, 2.05) is 0 Å². The second-order valence-electron chi connectivity index (χ2n) is 2.33. The predicted octanol–water partition coefficient (Wildman–Crippen LogP) is 2.09. The molecule has 12 heavy (non-hydrogen) atoms. The van der Waals surface area contributed by atoms with Crippen molar-refractivity contribution in [3.63, 3.8) is 0 Å². The largest absolute Gasteiger partial charge is 0.497 e. The molecule has 0 aliphatic rings. The lowest BCUT2D eigenvalue weighted by Gasteiger charge is -2.02. The summed E-state index contributed by atoms with van der Waals surface area (Å²) in [5.74, 6) is 0.703. The molecule has 3 heteroatoms. The fraction of sp³-hybridized carbons (Fsp3) is 0.222. The van der Waals surface area contributed by atoms with Gasteiger partial charge in [-0.05, 0) is 17.7 Å². The topological polar surface area (TPSA) is 26.3 Å². The quantitative estimate of drug-likeness (QED) is 0.673. The summed E-state index contributed by atoms with van der Waals surface area (Å²) in [7, 11) is 1.57. The molecule has 1 aromatic carbocycles. The molecule has 0 aliphatic carbocycles. The van der Waals surface area contributed by atoms with Gasteiger partial charge in [0.25, 0.3) is 0 Å². The molecule has 0 aromatic heterocycles. The van der Waals surface area contributed by atoms with E-state index in [2.05, 4.69) is 0 Å². The number of benzene rings is 1. The van der Waals surface area contributed by atoms with Crippen molar-refractivity contribution >= 4 is 17.9 Å². The van der Waals surface area contributed by atoms with Crippen LogP contribution in [0.1, 0.15) is 5.56 Å². The molecular formula is C9H9ClO2. The molecule has 0 radical (unpaired) electrons. The van der Waals surface area contributed by atoms with Crippen LogP contribution >= 0.6 is 11.6 Å². The Kier molecular flexibility index (Phi) is 3.11. The molecule has 0 bridgehead atoms. The van der Waals surface area contributed by atoms with Crippen molar-refractivity contribution < 1.29 is 9.53 Å². The van der Waals surface area contributed by atoms with Crippen LogP contribution in [-0.2, 0) is 11.2 Å². The lowest BCUT2D eigenvalue weighted by molar-refractivity contribution is -0.107. The number of carbonyl (C=O) groups excluding carboxylic acids is 1. The Balaban J connectivity index is 2.94. The molecule has 0 spiro atoms. The molecule has 0 atom stereocenters. The van der Waals surface area contributed by atoms with E-state index in [9.17, 15) is 4.79 Å². The molecule has 2 nitrogen and oxygen atoms in total. The first-order chi connectivity index (χ1) is 5.77. The summed E-state index contributed by atoms with van der Waals surface area (Å²) in [5.41, 5.74) is 0.826. The van der Waals surface area contributed by atoms with Crippen LogP contribution in [0.4, 0.5) is 0 Å². The minimum absolute atomic E-state index is 0.350. The second-order valence-corrected chi connectivity index (χ2v) is 2.74. The maximum atomic E-state index is 10.2. The van der Waals surface area contributed by atoms with Gasteiger partial charge in [-0.15, -0.1) is 0 Å². The SMILES string of the molecule is COc1ccc(CC=O)c(Cl)c1. The number of halogens is 1. The molecular weight excluding hydrogens is 176 g/mol. The Morgan fingerprint density at radius 1 is 1.58 bits per heavy atom. The lowest BCUT2D eigenvalue weighted by Crippen LogP contribution is -1.89. The normalized spacial score (nSPS) is 9.50. The number of hydrogen-bond acceptors (Lipinski definition) is 2. The molecule has 1 aromatic rings. The van der Waals surface area contributed by atoms with Crippen molar-refractivity contribution in [3.8, 4) is 5.75 Å². The van der Waals surface area contributed by atoms with Crippen LogP contribution in [0.25, 0.3) is 0 Å². The standard InChI is InChI=1S/C9H9ClO2/c1-12-8-3-2-7(4-5-11)9(10)6-8/h2-3,5-6H,4H2,1H3. The van der Waals surface area contributed by atoms with Gasteiger partial charge in [-0.25, -0.2) is 0 Å². The molecule has 64 valence electrons. The Morgan fingerprint density at radius 2 is 2.33 bits per heavy atom. The molecule has 0 heterocycles. The summed E-state index contributed by atoms with van der Waals surface area (Å²) in [6.45, 7) is 0. The van der Waals surface area contributed by atoms with Crippen LogP contribution in [0.15, 0.2) is 18.2 Å². The highest BCUT2D eigenvalue weighted by atomic mass is 35.5. The molecule has 0 aliphatic heterocycles. The van der Waals surface area contributed by atoms with Crippen molar-refractivity contribution in [2.75, 3.05) is 7.11 Å². The van der Waals surface area contributed by atoms with Gasteiger partial charge in [0.1, 0.15) is 12.0 Å². The van der Waals surface area contributed by atoms with E-state index in [-0.39, 0.29) is 0 Å². The number of hydrogen-bond donors (Lipinski definition) is 0. The predicted molar refractivity (Wildman–Crippen MR) is 47.8 cm³/mol. The molecule has 1 rings (SSSR count). The fourth-order valence-corrected chi connectivity index (χ4v) is 1.16. The first-order valence-corrected chi connectivity index (χ1v) is 3.91. The van der Waals surface area contributed by atoms with Gasteiger partial charge in [-0.3, -0.25) is 0 Å². The van der Waals surface area contributed by atoms with Gasteiger partial charge >= 0.3 is 0 Å². The molecule has 0 amide bonds. The Morgan fingerprint density at radius 3 is 2.83 bits per heavy atom. The summed E-state index contributed by atoms with van der Waals surface area (Å²) in [4.78, 5) is 10.2. The summed E-state index contributed by atoms with van der Waals surface area (Å²) < 4.78 is 4.96. The average Bonchev–Trinajstić information content (AvgIpc) is 2.09. The van der Waals surface area contributed by atoms with Crippen LogP contribution in [0.2, 0.25) is 5.02 Å². The second kappa shape index (κ2) is 4.12. The van der Waals surface area contributed by atoms with Crippen LogP contribution < -0.4 is 4.74 Å². The summed E-state index contributed by atoms with van der Waals surface area (Å²) >= 11 is 5.85. The number of aldehydes is 1. The molecule has 0 fully saturated rings. The highest BCUT2D eigenvalue weighted by Gasteiger charge is 2.00. The van der Waals surface area contributed by atoms with Crippen LogP contribution in [0, 0.1) is 0 Å². The van der Waals surface area contributed by atoms with Crippen molar-refractivity contribution in [1.29, 1.82) is 0 Å². The van der Waals surface area contributed by atoms with Gasteiger partial charge < -0.3 is 9.53 Å². The van der Waals surface area contributed by atoms with Gasteiger partial charge in [-0.1, -0.05) is 17.7 Å². The zero-order valence-electron chi connectivity index (χ0n) is 6.71. The lowest BCUT2D eigenvalue weighted by atomic mass is 10.1. The Labute approximate surface area is 76.1 Å². The van der Waals surface area contributed by atoms with E-state index in [1.54, 1.807) is 25.3 Å². The highest BCUT2D eigenvalue weighted by molar-refractivity contribution is 6.31. The number of carbonyl (C=O) groups is 1. The van der Waals surface area contributed by atoms with Gasteiger partial charge in [0.2, 0.25) is 0 Å². The van der Waals surface area contributed by atoms with Crippen molar-refractivity contribution in [1.82, 2.24) is 0 Å². The molecule has 0 saturated carbocycles. The van der Waals surface area contributed by atoms with E-state index in [0.717, 1.165) is 11.8 Å². The minimum atomic E-state index is 0.350. The Hall–Kier alpha value is -1.02. The molecule has 0 saturated heterocycles.